The molecule has 2 rings (SSSR count). The maximum absolute atomic E-state index is 12.4. The fourth-order valence-electron chi connectivity index (χ4n) is 2.03. The second kappa shape index (κ2) is 6.89. The van der Waals surface area contributed by atoms with Gasteiger partial charge in [-0.2, -0.15) is 0 Å². The Balaban J connectivity index is 2.14. The van der Waals surface area contributed by atoms with Gasteiger partial charge in [-0.05, 0) is 42.0 Å². The van der Waals surface area contributed by atoms with Crippen molar-refractivity contribution in [3.63, 3.8) is 0 Å². The van der Waals surface area contributed by atoms with Crippen molar-refractivity contribution in [3.05, 3.63) is 59.9 Å². The van der Waals surface area contributed by atoms with Crippen LogP contribution in [0.3, 0.4) is 0 Å². The highest BCUT2D eigenvalue weighted by molar-refractivity contribution is 7.89. The SMILES string of the molecule is CN(Cc1ccncc1)C(=O)c1ccc(S(=O)(=O)N(C)C)cc1. The van der Waals surface area contributed by atoms with E-state index >= 15 is 0 Å². The predicted molar refractivity (Wildman–Crippen MR) is 87.3 cm³/mol. The van der Waals surface area contributed by atoms with Crippen molar-refractivity contribution in [1.29, 1.82) is 0 Å². The molecule has 0 unspecified atom stereocenters. The first-order valence-electron chi connectivity index (χ1n) is 6.99. The van der Waals surface area contributed by atoms with Crippen LogP contribution in [0.5, 0.6) is 0 Å². The standard InChI is InChI=1S/C16H19N3O3S/c1-18(2)23(21,22)15-6-4-14(5-7-15)16(20)19(3)12-13-8-10-17-11-9-13/h4-11H,12H2,1-3H3. The van der Waals surface area contributed by atoms with E-state index in [0.717, 1.165) is 9.87 Å². The molecule has 0 bridgehead atoms. The molecule has 7 heteroatoms. The predicted octanol–water partition coefficient (Wildman–Crippen LogP) is 1.60. The highest BCUT2D eigenvalue weighted by Gasteiger charge is 2.18. The zero-order valence-corrected chi connectivity index (χ0v) is 14.1. The summed E-state index contributed by atoms with van der Waals surface area (Å²) >= 11 is 0. The molecular weight excluding hydrogens is 314 g/mol. The molecule has 2 aromatic rings. The minimum atomic E-state index is -3.49. The molecule has 23 heavy (non-hydrogen) atoms. The molecule has 6 nitrogen and oxygen atoms in total. The highest BCUT2D eigenvalue weighted by atomic mass is 32.2. The molecule has 1 aromatic carbocycles. The molecule has 0 aliphatic heterocycles. The summed E-state index contributed by atoms with van der Waals surface area (Å²) in [4.78, 5) is 18.1. The van der Waals surface area contributed by atoms with Crippen LogP contribution in [0.25, 0.3) is 0 Å². The van der Waals surface area contributed by atoms with Crippen molar-refractivity contribution in [2.45, 2.75) is 11.4 Å². The van der Waals surface area contributed by atoms with E-state index in [0.29, 0.717) is 12.1 Å². The van der Waals surface area contributed by atoms with E-state index in [1.54, 1.807) is 24.3 Å². The van der Waals surface area contributed by atoms with Crippen molar-refractivity contribution in [1.82, 2.24) is 14.2 Å². The second-order valence-electron chi connectivity index (χ2n) is 5.33. The number of sulfonamides is 1. The van der Waals surface area contributed by atoms with E-state index in [4.69, 9.17) is 0 Å². The van der Waals surface area contributed by atoms with Gasteiger partial charge in [0.05, 0.1) is 4.90 Å². The van der Waals surface area contributed by atoms with E-state index in [1.165, 1.54) is 38.4 Å². The summed E-state index contributed by atoms with van der Waals surface area (Å²) < 4.78 is 25.2. The number of pyridine rings is 1. The number of rotatable bonds is 5. The minimum Gasteiger partial charge on any atom is -0.337 e. The summed E-state index contributed by atoms with van der Waals surface area (Å²) in [7, 11) is 1.15. The van der Waals surface area contributed by atoms with Gasteiger partial charge in [0, 0.05) is 45.6 Å². The number of benzene rings is 1. The van der Waals surface area contributed by atoms with Crippen molar-refractivity contribution in [3.8, 4) is 0 Å². The summed E-state index contributed by atoms with van der Waals surface area (Å²) in [6, 6.07) is 9.64. The Hall–Kier alpha value is -2.25. The topological polar surface area (TPSA) is 70.6 Å². The van der Waals surface area contributed by atoms with Crippen LogP contribution in [-0.4, -0.2) is 49.7 Å². The second-order valence-corrected chi connectivity index (χ2v) is 7.48. The number of aromatic nitrogens is 1. The van der Waals surface area contributed by atoms with Crippen LogP contribution in [0.4, 0.5) is 0 Å². The molecule has 0 aliphatic carbocycles. The third-order valence-electron chi connectivity index (χ3n) is 3.40. The fourth-order valence-corrected chi connectivity index (χ4v) is 2.94. The molecule has 0 spiro atoms. The molecule has 1 amide bonds. The molecule has 0 saturated carbocycles. The van der Waals surface area contributed by atoms with Crippen LogP contribution >= 0.6 is 0 Å². The maximum Gasteiger partial charge on any atom is 0.253 e. The molecule has 122 valence electrons. The van der Waals surface area contributed by atoms with Crippen molar-refractivity contribution in [2.75, 3.05) is 21.1 Å². The minimum absolute atomic E-state index is 0.163. The lowest BCUT2D eigenvalue weighted by Gasteiger charge is -2.17. The van der Waals surface area contributed by atoms with Gasteiger partial charge in [-0.15, -0.1) is 0 Å². The Morgan fingerprint density at radius 2 is 1.57 bits per heavy atom. The van der Waals surface area contributed by atoms with Crippen LogP contribution in [0.1, 0.15) is 15.9 Å². The van der Waals surface area contributed by atoms with Gasteiger partial charge in [-0.1, -0.05) is 0 Å². The number of hydrogen-bond donors (Lipinski definition) is 0. The third-order valence-corrected chi connectivity index (χ3v) is 5.22. The molecule has 0 radical (unpaired) electrons. The first kappa shape index (κ1) is 17.1. The highest BCUT2D eigenvalue weighted by Crippen LogP contribution is 2.15. The van der Waals surface area contributed by atoms with Gasteiger partial charge in [0.15, 0.2) is 0 Å². The number of hydrogen-bond acceptors (Lipinski definition) is 4. The molecule has 1 aromatic heterocycles. The van der Waals surface area contributed by atoms with Gasteiger partial charge in [0.2, 0.25) is 10.0 Å². The summed E-state index contributed by atoms with van der Waals surface area (Å²) in [5.74, 6) is -0.171. The van der Waals surface area contributed by atoms with Gasteiger partial charge in [-0.25, -0.2) is 12.7 Å². The Kier molecular flexibility index (Phi) is 5.12. The first-order chi connectivity index (χ1) is 10.8. The zero-order chi connectivity index (χ0) is 17.0. The average Bonchev–Trinajstić information content (AvgIpc) is 2.55. The number of carbonyl (C=O) groups excluding carboxylic acids is 1. The summed E-state index contributed by atoms with van der Waals surface area (Å²) in [5, 5.41) is 0. The Morgan fingerprint density at radius 1 is 1.00 bits per heavy atom. The molecule has 0 N–H and O–H groups in total. The lowest BCUT2D eigenvalue weighted by molar-refractivity contribution is 0.0785. The van der Waals surface area contributed by atoms with Crippen LogP contribution in [0.2, 0.25) is 0 Å². The number of amides is 1. The third kappa shape index (κ3) is 3.94. The van der Waals surface area contributed by atoms with E-state index in [1.807, 2.05) is 12.1 Å². The van der Waals surface area contributed by atoms with Crippen LogP contribution in [-0.2, 0) is 16.6 Å². The van der Waals surface area contributed by atoms with Gasteiger partial charge >= 0.3 is 0 Å². The molecule has 0 fully saturated rings. The van der Waals surface area contributed by atoms with Gasteiger partial charge in [0.1, 0.15) is 0 Å². The number of carbonyl (C=O) groups is 1. The molecule has 0 atom stereocenters. The summed E-state index contributed by atoms with van der Waals surface area (Å²) in [5.41, 5.74) is 1.42. The summed E-state index contributed by atoms with van der Waals surface area (Å²) in [6.07, 6.45) is 3.35. The quantitative estimate of drug-likeness (QED) is 0.833. The normalized spacial score (nSPS) is 11.5. The van der Waals surface area contributed by atoms with E-state index in [2.05, 4.69) is 4.98 Å². The van der Waals surface area contributed by atoms with E-state index in [-0.39, 0.29) is 10.8 Å². The van der Waals surface area contributed by atoms with Crippen LogP contribution in [0, 0.1) is 0 Å². The van der Waals surface area contributed by atoms with E-state index < -0.39 is 10.0 Å². The first-order valence-corrected chi connectivity index (χ1v) is 8.43. The fraction of sp³-hybridized carbons (Fsp3) is 0.250. The van der Waals surface area contributed by atoms with Crippen molar-refractivity contribution < 1.29 is 13.2 Å². The maximum atomic E-state index is 12.4. The van der Waals surface area contributed by atoms with Crippen molar-refractivity contribution in [2.24, 2.45) is 0 Å². The molecule has 1 heterocycles. The molecule has 0 saturated heterocycles. The summed E-state index contributed by atoms with van der Waals surface area (Å²) in [6.45, 7) is 0.457. The molecule has 0 aliphatic rings. The van der Waals surface area contributed by atoms with E-state index in [9.17, 15) is 13.2 Å². The van der Waals surface area contributed by atoms with Crippen LogP contribution in [0.15, 0.2) is 53.7 Å². The Labute approximate surface area is 136 Å². The number of nitrogens with zero attached hydrogens (tertiary/aromatic N) is 3. The lowest BCUT2D eigenvalue weighted by Crippen LogP contribution is -2.26. The van der Waals surface area contributed by atoms with Crippen molar-refractivity contribution >= 4 is 15.9 Å². The zero-order valence-electron chi connectivity index (χ0n) is 13.3. The molecular formula is C16H19N3O3S. The van der Waals surface area contributed by atoms with Gasteiger partial charge in [-0.3, -0.25) is 9.78 Å². The van der Waals surface area contributed by atoms with Gasteiger partial charge < -0.3 is 4.90 Å². The monoisotopic (exact) mass is 333 g/mol. The largest absolute Gasteiger partial charge is 0.337 e. The van der Waals surface area contributed by atoms with Gasteiger partial charge in [0.25, 0.3) is 5.91 Å². The van der Waals surface area contributed by atoms with Crippen LogP contribution < -0.4 is 0 Å². The smallest absolute Gasteiger partial charge is 0.253 e. The Bertz CT molecular complexity index is 772. The Morgan fingerprint density at radius 3 is 2.09 bits per heavy atom. The lowest BCUT2D eigenvalue weighted by atomic mass is 10.2. The average molecular weight is 333 g/mol.